The molecule has 0 heterocycles. The lowest BCUT2D eigenvalue weighted by Crippen LogP contribution is -1.92. The van der Waals surface area contributed by atoms with E-state index in [1.54, 1.807) is 20.4 Å². The highest BCUT2D eigenvalue weighted by atomic mass is 35.5. The van der Waals surface area contributed by atoms with Gasteiger partial charge in [-0.3, -0.25) is 4.99 Å². The van der Waals surface area contributed by atoms with E-state index in [1.807, 2.05) is 43.3 Å². The first-order chi connectivity index (χ1) is 9.65. The van der Waals surface area contributed by atoms with Crippen molar-refractivity contribution < 1.29 is 9.47 Å². The second kappa shape index (κ2) is 6.44. The summed E-state index contributed by atoms with van der Waals surface area (Å²) in [5, 5.41) is 0.710. The summed E-state index contributed by atoms with van der Waals surface area (Å²) in [4.78, 5) is 4.47. The van der Waals surface area contributed by atoms with Crippen LogP contribution < -0.4 is 9.47 Å². The Labute approximate surface area is 123 Å². The molecule has 104 valence electrons. The maximum atomic E-state index is 6.08. The van der Waals surface area contributed by atoms with Crippen LogP contribution >= 0.6 is 11.6 Å². The third-order valence-electron chi connectivity index (χ3n) is 3.02. The molecule has 0 bridgehead atoms. The zero-order valence-electron chi connectivity index (χ0n) is 11.7. The van der Waals surface area contributed by atoms with Gasteiger partial charge >= 0.3 is 0 Å². The van der Waals surface area contributed by atoms with Crippen LogP contribution in [0.2, 0.25) is 5.02 Å². The fourth-order valence-electron chi connectivity index (χ4n) is 1.80. The summed E-state index contributed by atoms with van der Waals surface area (Å²) in [7, 11) is 3.24. The van der Waals surface area contributed by atoms with Crippen LogP contribution in [0.3, 0.4) is 0 Å². The normalized spacial score (nSPS) is 10.8. The monoisotopic (exact) mass is 289 g/mol. The molecule has 0 aliphatic rings. The highest BCUT2D eigenvalue weighted by Crippen LogP contribution is 2.27. The Hall–Kier alpha value is -2.00. The predicted octanol–water partition coefficient (Wildman–Crippen LogP) is 4.42. The molecule has 2 rings (SSSR count). The van der Waals surface area contributed by atoms with Crippen LogP contribution in [0.25, 0.3) is 0 Å². The van der Waals surface area contributed by atoms with Gasteiger partial charge in [0.25, 0.3) is 0 Å². The lowest BCUT2D eigenvalue weighted by atomic mass is 10.2. The SMILES string of the molecule is COc1ccc(C=Nc2cccc(Cl)c2C)c(OC)c1. The molecule has 0 aliphatic carbocycles. The van der Waals surface area contributed by atoms with Gasteiger partial charge in [0.1, 0.15) is 11.5 Å². The maximum Gasteiger partial charge on any atom is 0.131 e. The van der Waals surface area contributed by atoms with E-state index in [0.717, 1.165) is 22.6 Å². The number of benzene rings is 2. The molecule has 0 atom stereocenters. The molecule has 0 saturated carbocycles. The molecule has 0 spiro atoms. The first kappa shape index (κ1) is 14.4. The van der Waals surface area contributed by atoms with Gasteiger partial charge in [-0.1, -0.05) is 17.7 Å². The summed E-state index contributed by atoms with van der Waals surface area (Å²) in [5.41, 5.74) is 2.68. The van der Waals surface area contributed by atoms with E-state index in [9.17, 15) is 0 Å². The molecule has 2 aromatic rings. The second-order valence-electron chi connectivity index (χ2n) is 4.25. The van der Waals surface area contributed by atoms with E-state index < -0.39 is 0 Å². The fourth-order valence-corrected chi connectivity index (χ4v) is 1.97. The number of rotatable bonds is 4. The standard InChI is InChI=1S/C16H16ClNO2/c1-11-14(17)5-4-6-15(11)18-10-12-7-8-13(19-2)9-16(12)20-3/h4-10H,1-3H3. The zero-order chi connectivity index (χ0) is 14.5. The van der Waals surface area contributed by atoms with Crippen molar-refractivity contribution in [2.75, 3.05) is 14.2 Å². The van der Waals surface area contributed by atoms with Gasteiger partial charge in [-0.05, 0) is 36.8 Å². The summed E-state index contributed by atoms with van der Waals surface area (Å²) < 4.78 is 10.5. The Morgan fingerprint density at radius 1 is 1.10 bits per heavy atom. The Morgan fingerprint density at radius 3 is 2.60 bits per heavy atom. The molecule has 0 amide bonds. The van der Waals surface area contributed by atoms with Gasteiger partial charge in [-0.25, -0.2) is 0 Å². The smallest absolute Gasteiger partial charge is 0.131 e. The summed E-state index contributed by atoms with van der Waals surface area (Å²) in [6.07, 6.45) is 1.76. The number of hydrogen-bond acceptors (Lipinski definition) is 3. The van der Waals surface area contributed by atoms with Crippen molar-refractivity contribution >= 4 is 23.5 Å². The first-order valence-electron chi connectivity index (χ1n) is 6.17. The molecule has 4 heteroatoms. The molecular weight excluding hydrogens is 274 g/mol. The molecule has 20 heavy (non-hydrogen) atoms. The number of methoxy groups -OCH3 is 2. The van der Waals surface area contributed by atoms with Crippen molar-refractivity contribution in [3.8, 4) is 11.5 Å². The predicted molar refractivity (Wildman–Crippen MR) is 83.0 cm³/mol. The molecule has 0 aliphatic heterocycles. The molecule has 0 N–H and O–H groups in total. The van der Waals surface area contributed by atoms with Crippen LogP contribution in [-0.2, 0) is 0 Å². The topological polar surface area (TPSA) is 30.8 Å². The first-order valence-corrected chi connectivity index (χ1v) is 6.54. The zero-order valence-corrected chi connectivity index (χ0v) is 12.4. The minimum atomic E-state index is 0.710. The molecular formula is C16H16ClNO2. The molecule has 0 aromatic heterocycles. The highest BCUT2D eigenvalue weighted by Gasteiger charge is 2.04. The van der Waals surface area contributed by atoms with Crippen LogP contribution in [0.1, 0.15) is 11.1 Å². The quantitative estimate of drug-likeness (QED) is 0.780. The van der Waals surface area contributed by atoms with E-state index in [0.29, 0.717) is 10.8 Å². The van der Waals surface area contributed by atoms with Crippen molar-refractivity contribution in [1.29, 1.82) is 0 Å². The number of hydrogen-bond donors (Lipinski definition) is 0. The van der Waals surface area contributed by atoms with E-state index >= 15 is 0 Å². The van der Waals surface area contributed by atoms with E-state index in [4.69, 9.17) is 21.1 Å². The van der Waals surface area contributed by atoms with Gasteiger partial charge < -0.3 is 9.47 Å². The molecule has 2 aromatic carbocycles. The Bertz CT molecular complexity index is 638. The lowest BCUT2D eigenvalue weighted by Gasteiger charge is -2.07. The van der Waals surface area contributed by atoms with E-state index in [-0.39, 0.29) is 0 Å². The van der Waals surface area contributed by atoms with Gasteiger partial charge in [0, 0.05) is 22.9 Å². The van der Waals surface area contributed by atoms with E-state index in [1.165, 1.54) is 0 Å². The Balaban J connectivity index is 2.34. The van der Waals surface area contributed by atoms with Crippen LogP contribution in [0, 0.1) is 6.92 Å². The van der Waals surface area contributed by atoms with Crippen LogP contribution in [0.15, 0.2) is 41.4 Å². The molecule has 0 saturated heterocycles. The summed E-state index contributed by atoms with van der Waals surface area (Å²) in [5.74, 6) is 1.46. The van der Waals surface area contributed by atoms with Crippen LogP contribution in [0.4, 0.5) is 5.69 Å². The molecule has 0 radical (unpaired) electrons. The van der Waals surface area contributed by atoms with Gasteiger partial charge in [0.05, 0.1) is 19.9 Å². The number of halogens is 1. The van der Waals surface area contributed by atoms with Crippen LogP contribution in [0.5, 0.6) is 11.5 Å². The Kier molecular flexibility index (Phi) is 4.64. The fraction of sp³-hybridized carbons (Fsp3) is 0.188. The minimum absolute atomic E-state index is 0.710. The van der Waals surface area contributed by atoms with Gasteiger partial charge in [-0.15, -0.1) is 0 Å². The maximum absolute atomic E-state index is 6.08. The summed E-state index contributed by atoms with van der Waals surface area (Å²) >= 11 is 6.08. The number of aliphatic imine (C=N–C) groups is 1. The van der Waals surface area contributed by atoms with Gasteiger partial charge in [0.15, 0.2) is 0 Å². The van der Waals surface area contributed by atoms with Gasteiger partial charge in [0.2, 0.25) is 0 Å². The summed E-state index contributed by atoms with van der Waals surface area (Å²) in [6.45, 7) is 1.94. The van der Waals surface area contributed by atoms with Crippen molar-refractivity contribution in [3.63, 3.8) is 0 Å². The van der Waals surface area contributed by atoms with Crippen molar-refractivity contribution in [3.05, 3.63) is 52.5 Å². The largest absolute Gasteiger partial charge is 0.497 e. The summed E-state index contributed by atoms with van der Waals surface area (Å²) in [6, 6.07) is 11.3. The average molecular weight is 290 g/mol. The van der Waals surface area contributed by atoms with Crippen LogP contribution in [-0.4, -0.2) is 20.4 Å². The third kappa shape index (κ3) is 3.11. The third-order valence-corrected chi connectivity index (χ3v) is 3.43. The highest BCUT2D eigenvalue weighted by molar-refractivity contribution is 6.31. The van der Waals surface area contributed by atoms with Crippen molar-refractivity contribution in [2.45, 2.75) is 6.92 Å². The van der Waals surface area contributed by atoms with Gasteiger partial charge in [-0.2, -0.15) is 0 Å². The molecule has 3 nitrogen and oxygen atoms in total. The average Bonchev–Trinajstić information content (AvgIpc) is 2.48. The van der Waals surface area contributed by atoms with Crippen molar-refractivity contribution in [2.24, 2.45) is 4.99 Å². The molecule has 0 unspecified atom stereocenters. The Morgan fingerprint density at radius 2 is 1.90 bits per heavy atom. The number of nitrogens with zero attached hydrogens (tertiary/aromatic N) is 1. The minimum Gasteiger partial charge on any atom is -0.497 e. The van der Waals surface area contributed by atoms with Crippen molar-refractivity contribution in [1.82, 2.24) is 0 Å². The second-order valence-corrected chi connectivity index (χ2v) is 4.66. The number of ether oxygens (including phenoxy) is 2. The molecule has 0 fully saturated rings. The lowest BCUT2D eigenvalue weighted by molar-refractivity contribution is 0.394. The van der Waals surface area contributed by atoms with E-state index in [2.05, 4.69) is 4.99 Å².